The van der Waals surface area contributed by atoms with Gasteiger partial charge in [-0.15, -0.1) is 0 Å². The number of carbonyl (C=O) groups excluding carboxylic acids is 2. The molecule has 0 saturated carbocycles. The highest BCUT2D eigenvalue weighted by Crippen LogP contribution is 2.34. The van der Waals surface area contributed by atoms with Crippen molar-refractivity contribution in [2.75, 3.05) is 19.7 Å². The molecule has 3 heterocycles. The second kappa shape index (κ2) is 10.6. The third-order valence-electron chi connectivity index (χ3n) is 5.87. The summed E-state index contributed by atoms with van der Waals surface area (Å²) in [4.78, 5) is 39.5. The van der Waals surface area contributed by atoms with E-state index in [2.05, 4.69) is 10.5 Å². The number of aromatic nitrogens is 1. The van der Waals surface area contributed by atoms with Gasteiger partial charge in [0.1, 0.15) is 5.60 Å². The molecule has 11 heteroatoms. The van der Waals surface area contributed by atoms with E-state index in [0.29, 0.717) is 27.9 Å². The van der Waals surface area contributed by atoms with Gasteiger partial charge in [0.25, 0.3) is 5.56 Å². The van der Waals surface area contributed by atoms with Gasteiger partial charge in [-0.25, -0.2) is 10.2 Å². The van der Waals surface area contributed by atoms with E-state index in [0.717, 1.165) is 5.56 Å². The largest absolute Gasteiger partial charge is 0.444 e. The number of pyridine rings is 1. The van der Waals surface area contributed by atoms with Crippen molar-refractivity contribution in [2.24, 2.45) is 11.0 Å². The van der Waals surface area contributed by atoms with Crippen molar-refractivity contribution in [3.05, 3.63) is 68.1 Å². The molecule has 0 radical (unpaired) electrons. The molecule has 2 atom stereocenters. The lowest BCUT2D eigenvalue weighted by molar-refractivity contribution is -0.119. The molecule has 1 saturated heterocycles. The molecule has 0 bridgehead atoms. The molecular weight excluding hydrogens is 507 g/mol. The van der Waals surface area contributed by atoms with Crippen molar-refractivity contribution >= 4 is 40.9 Å². The van der Waals surface area contributed by atoms with E-state index in [1.54, 1.807) is 39.9 Å². The fraction of sp³-hybridized carbons (Fsp3) is 0.440. The molecular formula is C25H28Cl2N4O5. The second-order valence-corrected chi connectivity index (χ2v) is 10.6. The number of hydrazone groups is 1. The first-order valence-electron chi connectivity index (χ1n) is 11.6. The molecule has 192 valence electrons. The first-order chi connectivity index (χ1) is 17.0. The standard InChI is InChI=1S/C25H28Cl2N4O5/c1-25(2,3)36-24(34)31-9-10-35-22(15-6-7-18(26)19(27)11-15)16(14-31)13-30-8-4-5-17(23(30)33)20-12-21(32)29-28-20/h4-8,11,16,22H,9-10,12-14H2,1-3H3,(H,29,32)/t16-,22+/m1/s1. The summed E-state index contributed by atoms with van der Waals surface area (Å²) >= 11 is 12.4. The third kappa shape index (κ3) is 6.08. The summed E-state index contributed by atoms with van der Waals surface area (Å²) in [6, 6.07) is 8.66. The van der Waals surface area contributed by atoms with E-state index >= 15 is 0 Å². The maximum absolute atomic E-state index is 13.3. The van der Waals surface area contributed by atoms with Gasteiger partial charge < -0.3 is 18.9 Å². The van der Waals surface area contributed by atoms with Crippen molar-refractivity contribution in [1.29, 1.82) is 0 Å². The number of amides is 2. The summed E-state index contributed by atoms with van der Waals surface area (Å²) in [5, 5.41) is 4.79. The van der Waals surface area contributed by atoms with Gasteiger partial charge in [0.15, 0.2) is 0 Å². The SMILES string of the molecule is CC(C)(C)OC(=O)N1CCO[C@@H](c2ccc(Cl)c(Cl)c2)[C@H](Cn2cccc(C3=NNC(=O)C3)c2=O)C1. The van der Waals surface area contributed by atoms with E-state index in [1.807, 2.05) is 26.8 Å². The fourth-order valence-corrected chi connectivity index (χ4v) is 4.58. The Hall–Kier alpha value is -2.88. The topological polar surface area (TPSA) is 102 Å². The number of halogens is 2. The Bertz CT molecular complexity index is 1250. The highest BCUT2D eigenvalue weighted by molar-refractivity contribution is 6.42. The fourth-order valence-electron chi connectivity index (χ4n) is 4.27. The van der Waals surface area contributed by atoms with Crippen LogP contribution in [-0.2, 0) is 20.8 Å². The molecule has 2 aromatic rings. The predicted octanol–water partition coefficient (Wildman–Crippen LogP) is 4.00. The summed E-state index contributed by atoms with van der Waals surface area (Å²) < 4.78 is 13.4. The molecule has 0 unspecified atom stereocenters. The minimum absolute atomic E-state index is 0.0457. The molecule has 36 heavy (non-hydrogen) atoms. The third-order valence-corrected chi connectivity index (χ3v) is 6.61. The number of benzene rings is 1. The highest BCUT2D eigenvalue weighted by atomic mass is 35.5. The van der Waals surface area contributed by atoms with Crippen LogP contribution in [-0.4, -0.2) is 52.5 Å². The van der Waals surface area contributed by atoms with Crippen LogP contribution in [0.5, 0.6) is 0 Å². The molecule has 0 spiro atoms. The van der Waals surface area contributed by atoms with Crippen LogP contribution in [0.25, 0.3) is 0 Å². The van der Waals surface area contributed by atoms with Crippen molar-refractivity contribution in [2.45, 2.75) is 45.4 Å². The van der Waals surface area contributed by atoms with Gasteiger partial charge in [-0.1, -0.05) is 29.3 Å². The highest BCUT2D eigenvalue weighted by Gasteiger charge is 2.34. The van der Waals surface area contributed by atoms with Crippen LogP contribution in [0.1, 0.15) is 44.4 Å². The van der Waals surface area contributed by atoms with Crippen LogP contribution in [0.2, 0.25) is 10.0 Å². The Morgan fingerprint density at radius 3 is 2.67 bits per heavy atom. The molecule has 1 aromatic heterocycles. The summed E-state index contributed by atoms with van der Waals surface area (Å²) in [6.45, 7) is 6.58. The zero-order chi connectivity index (χ0) is 26.0. The minimum Gasteiger partial charge on any atom is -0.444 e. The van der Waals surface area contributed by atoms with Gasteiger partial charge in [0.05, 0.1) is 40.5 Å². The molecule has 2 aliphatic rings. The van der Waals surface area contributed by atoms with E-state index < -0.39 is 17.8 Å². The Labute approximate surface area is 219 Å². The molecule has 2 aliphatic heterocycles. The van der Waals surface area contributed by atoms with Gasteiger partial charge >= 0.3 is 6.09 Å². The Morgan fingerprint density at radius 2 is 2.00 bits per heavy atom. The lowest BCUT2D eigenvalue weighted by Crippen LogP contribution is -2.41. The zero-order valence-electron chi connectivity index (χ0n) is 20.3. The molecule has 1 fully saturated rings. The van der Waals surface area contributed by atoms with Crippen LogP contribution in [0.15, 0.2) is 46.4 Å². The van der Waals surface area contributed by atoms with Crippen molar-refractivity contribution in [3.63, 3.8) is 0 Å². The number of hydrogen-bond donors (Lipinski definition) is 1. The van der Waals surface area contributed by atoms with Gasteiger partial charge in [-0.2, -0.15) is 5.10 Å². The first kappa shape index (κ1) is 26.2. The lowest BCUT2D eigenvalue weighted by atomic mass is 9.94. The van der Waals surface area contributed by atoms with Gasteiger partial charge in [-0.05, 0) is 50.6 Å². The smallest absolute Gasteiger partial charge is 0.410 e. The van der Waals surface area contributed by atoms with Gasteiger partial charge in [0.2, 0.25) is 5.91 Å². The zero-order valence-corrected chi connectivity index (χ0v) is 21.8. The molecule has 1 N–H and O–H groups in total. The second-order valence-electron chi connectivity index (χ2n) is 9.80. The van der Waals surface area contributed by atoms with Gasteiger partial charge in [-0.3, -0.25) is 9.59 Å². The van der Waals surface area contributed by atoms with E-state index in [-0.39, 0.29) is 43.5 Å². The number of ether oxygens (including phenoxy) is 2. The predicted molar refractivity (Wildman–Crippen MR) is 136 cm³/mol. The summed E-state index contributed by atoms with van der Waals surface area (Å²) in [5.74, 6) is -0.583. The molecule has 0 aliphatic carbocycles. The van der Waals surface area contributed by atoms with Crippen LogP contribution in [0, 0.1) is 5.92 Å². The Balaban J connectivity index is 1.67. The summed E-state index contributed by atoms with van der Waals surface area (Å²) in [5.41, 5.74) is 2.98. The monoisotopic (exact) mass is 534 g/mol. The first-order valence-corrected chi connectivity index (χ1v) is 12.4. The van der Waals surface area contributed by atoms with Crippen molar-refractivity contribution in [1.82, 2.24) is 14.9 Å². The Kier molecular flexibility index (Phi) is 7.73. The maximum Gasteiger partial charge on any atom is 0.410 e. The van der Waals surface area contributed by atoms with Crippen LogP contribution < -0.4 is 11.0 Å². The lowest BCUT2D eigenvalue weighted by Gasteiger charge is -2.30. The molecule has 9 nitrogen and oxygen atoms in total. The van der Waals surface area contributed by atoms with Crippen LogP contribution in [0.4, 0.5) is 4.79 Å². The van der Waals surface area contributed by atoms with E-state index in [4.69, 9.17) is 32.7 Å². The van der Waals surface area contributed by atoms with Gasteiger partial charge in [0, 0.05) is 31.7 Å². The van der Waals surface area contributed by atoms with Crippen LogP contribution >= 0.6 is 23.2 Å². The molecule has 1 aromatic carbocycles. The molecule has 4 rings (SSSR count). The van der Waals surface area contributed by atoms with E-state index in [9.17, 15) is 14.4 Å². The maximum atomic E-state index is 13.3. The van der Waals surface area contributed by atoms with Crippen molar-refractivity contribution in [3.8, 4) is 0 Å². The summed E-state index contributed by atoms with van der Waals surface area (Å²) in [7, 11) is 0. The number of nitrogens with one attached hydrogen (secondary N) is 1. The molecule has 2 amide bonds. The minimum atomic E-state index is -0.651. The quantitative estimate of drug-likeness (QED) is 0.638. The number of carbonyl (C=O) groups is 2. The average molecular weight is 535 g/mol. The van der Waals surface area contributed by atoms with Crippen LogP contribution in [0.3, 0.4) is 0 Å². The number of hydrogen-bond acceptors (Lipinski definition) is 6. The summed E-state index contributed by atoms with van der Waals surface area (Å²) in [6.07, 6.45) is 0.807. The van der Waals surface area contributed by atoms with E-state index in [1.165, 1.54) is 0 Å². The van der Waals surface area contributed by atoms with Crippen molar-refractivity contribution < 1.29 is 19.1 Å². The average Bonchev–Trinajstić information content (AvgIpc) is 3.11. The normalized spacial score (nSPS) is 20.5. The number of rotatable bonds is 4. The number of nitrogens with zero attached hydrogens (tertiary/aromatic N) is 3. The Morgan fingerprint density at radius 1 is 1.22 bits per heavy atom.